The highest BCUT2D eigenvalue weighted by Crippen LogP contribution is 2.13. The molecular formula is C12H20N2O3. The van der Waals surface area contributed by atoms with E-state index in [9.17, 15) is 4.79 Å². The molecule has 0 bridgehead atoms. The van der Waals surface area contributed by atoms with E-state index in [1.54, 1.807) is 0 Å². The first-order valence-electron chi connectivity index (χ1n) is 5.94. The quantitative estimate of drug-likeness (QED) is 0.766. The van der Waals surface area contributed by atoms with Crippen molar-refractivity contribution in [2.24, 2.45) is 5.92 Å². The monoisotopic (exact) mass is 240 g/mol. The van der Waals surface area contributed by atoms with Gasteiger partial charge in [-0.3, -0.25) is 0 Å². The molecule has 5 heteroatoms. The molecule has 1 unspecified atom stereocenters. The van der Waals surface area contributed by atoms with Gasteiger partial charge in [-0.1, -0.05) is 26.7 Å². The fourth-order valence-corrected chi connectivity index (χ4v) is 1.55. The Kier molecular flexibility index (Phi) is 5.00. The minimum atomic E-state index is -1.07. The van der Waals surface area contributed by atoms with Gasteiger partial charge in [0.25, 0.3) is 6.01 Å². The maximum atomic E-state index is 10.6. The summed E-state index contributed by atoms with van der Waals surface area (Å²) < 4.78 is 5.02. The normalized spacial score (nSPS) is 12.7. The number of carbonyl (C=O) groups is 1. The van der Waals surface area contributed by atoms with Crippen LogP contribution in [0.5, 0.6) is 0 Å². The van der Waals surface area contributed by atoms with E-state index in [1.807, 2.05) is 6.92 Å². The number of oxazole rings is 1. The number of carboxylic acids is 1. The summed E-state index contributed by atoms with van der Waals surface area (Å²) in [5, 5.41) is 11.7. The van der Waals surface area contributed by atoms with Gasteiger partial charge in [0.1, 0.15) is 6.26 Å². The molecule has 5 nitrogen and oxygen atoms in total. The highest BCUT2D eigenvalue weighted by Gasteiger charge is 2.12. The van der Waals surface area contributed by atoms with Crippen LogP contribution in [0.15, 0.2) is 10.7 Å². The molecule has 0 aliphatic carbocycles. The molecule has 0 aliphatic heterocycles. The first kappa shape index (κ1) is 13.5. The Morgan fingerprint density at radius 3 is 2.71 bits per heavy atom. The third-order valence-corrected chi connectivity index (χ3v) is 2.51. The van der Waals surface area contributed by atoms with Crippen LogP contribution in [0.25, 0.3) is 0 Å². The number of hydrogen-bond donors (Lipinski definition) is 2. The number of nitrogens with one attached hydrogen (secondary N) is 1. The molecule has 1 rings (SSSR count). The fraction of sp³-hybridized carbons (Fsp3) is 0.667. The minimum absolute atomic E-state index is 0.0677. The van der Waals surface area contributed by atoms with Crippen molar-refractivity contribution in [3.05, 3.63) is 12.0 Å². The van der Waals surface area contributed by atoms with Gasteiger partial charge in [-0.25, -0.2) is 4.79 Å². The van der Waals surface area contributed by atoms with Crippen molar-refractivity contribution in [3.63, 3.8) is 0 Å². The van der Waals surface area contributed by atoms with Crippen LogP contribution in [-0.2, 0) is 0 Å². The van der Waals surface area contributed by atoms with Gasteiger partial charge in [0.2, 0.25) is 0 Å². The predicted octanol–water partition coefficient (Wildman–Crippen LogP) is 3.00. The lowest BCUT2D eigenvalue weighted by atomic mass is 10.0. The second-order valence-electron chi connectivity index (χ2n) is 4.71. The number of hydrogen-bond acceptors (Lipinski definition) is 4. The first-order valence-corrected chi connectivity index (χ1v) is 5.94. The van der Waals surface area contributed by atoms with Gasteiger partial charge in [0.15, 0.2) is 5.69 Å². The summed E-state index contributed by atoms with van der Waals surface area (Å²) in [5.74, 6) is -0.364. The van der Waals surface area contributed by atoms with Crippen LogP contribution >= 0.6 is 0 Å². The van der Waals surface area contributed by atoms with E-state index in [4.69, 9.17) is 9.52 Å². The van der Waals surface area contributed by atoms with Gasteiger partial charge in [-0.05, 0) is 19.3 Å². The van der Waals surface area contributed by atoms with Gasteiger partial charge in [-0.15, -0.1) is 0 Å². The van der Waals surface area contributed by atoms with Crippen LogP contribution in [-0.4, -0.2) is 22.1 Å². The van der Waals surface area contributed by atoms with Crippen LogP contribution in [0.2, 0.25) is 0 Å². The third kappa shape index (κ3) is 4.89. The third-order valence-electron chi connectivity index (χ3n) is 2.51. The van der Waals surface area contributed by atoms with Crippen LogP contribution in [0.3, 0.4) is 0 Å². The molecule has 0 spiro atoms. The molecule has 0 amide bonds. The van der Waals surface area contributed by atoms with E-state index in [0.29, 0.717) is 5.92 Å². The van der Waals surface area contributed by atoms with Crippen molar-refractivity contribution in [2.45, 2.75) is 46.1 Å². The highest BCUT2D eigenvalue weighted by atomic mass is 16.4. The SMILES string of the molecule is CC(C)CCCC(C)Nc1nc(C(=O)O)co1. The topological polar surface area (TPSA) is 75.4 Å². The minimum Gasteiger partial charge on any atom is -0.476 e. The second kappa shape index (κ2) is 6.27. The molecule has 1 atom stereocenters. The van der Waals surface area contributed by atoms with Gasteiger partial charge in [0.05, 0.1) is 0 Å². The molecule has 1 aromatic heterocycles. The Morgan fingerprint density at radius 1 is 1.47 bits per heavy atom. The Morgan fingerprint density at radius 2 is 2.18 bits per heavy atom. The van der Waals surface area contributed by atoms with Crippen molar-refractivity contribution < 1.29 is 14.3 Å². The first-order chi connectivity index (χ1) is 7.99. The number of carboxylic acid groups (broad SMARTS) is 1. The summed E-state index contributed by atoms with van der Waals surface area (Å²) in [4.78, 5) is 14.4. The van der Waals surface area contributed by atoms with E-state index in [2.05, 4.69) is 24.1 Å². The Hall–Kier alpha value is -1.52. The Labute approximate surface area is 101 Å². The maximum absolute atomic E-state index is 10.6. The second-order valence-corrected chi connectivity index (χ2v) is 4.71. The van der Waals surface area contributed by atoms with Crippen LogP contribution in [0.1, 0.15) is 50.5 Å². The maximum Gasteiger partial charge on any atom is 0.357 e. The van der Waals surface area contributed by atoms with Crippen molar-refractivity contribution in [2.75, 3.05) is 5.32 Å². The molecule has 0 fully saturated rings. The Bertz CT molecular complexity index is 360. The standard InChI is InChI=1S/C12H20N2O3/c1-8(2)5-4-6-9(3)13-12-14-10(7-17-12)11(15)16/h7-9H,4-6H2,1-3H3,(H,13,14)(H,15,16). The largest absolute Gasteiger partial charge is 0.476 e. The molecule has 17 heavy (non-hydrogen) atoms. The lowest BCUT2D eigenvalue weighted by Gasteiger charge is -2.12. The van der Waals surface area contributed by atoms with E-state index >= 15 is 0 Å². The summed E-state index contributed by atoms with van der Waals surface area (Å²) >= 11 is 0. The average molecular weight is 240 g/mol. The van der Waals surface area contributed by atoms with Crippen LogP contribution < -0.4 is 5.32 Å². The molecule has 0 aromatic carbocycles. The molecule has 0 radical (unpaired) electrons. The van der Waals surface area contributed by atoms with Gasteiger partial charge >= 0.3 is 5.97 Å². The lowest BCUT2D eigenvalue weighted by Crippen LogP contribution is -2.15. The zero-order valence-electron chi connectivity index (χ0n) is 10.6. The van der Waals surface area contributed by atoms with E-state index < -0.39 is 5.97 Å². The molecule has 1 aromatic rings. The van der Waals surface area contributed by atoms with E-state index in [-0.39, 0.29) is 17.8 Å². The molecule has 0 saturated heterocycles. The number of aromatic nitrogens is 1. The van der Waals surface area contributed by atoms with E-state index in [0.717, 1.165) is 19.1 Å². The van der Waals surface area contributed by atoms with Crippen molar-refractivity contribution in [1.29, 1.82) is 0 Å². The molecule has 0 saturated carbocycles. The van der Waals surface area contributed by atoms with Crippen molar-refractivity contribution in [3.8, 4) is 0 Å². The Balaban J connectivity index is 2.34. The van der Waals surface area contributed by atoms with Crippen molar-refractivity contribution >= 4 is 12.0 Å². The summed E-state index contributed by atoms with van der Waals surface area (Å²) in [5.41, 5.74) is -0.0677. The summed E-state index contributed by atoms with van der Waals surface area (Å²) in [6.07, 6.45) is 4.49. The number of aromatic carboxylic acids is 1. The zero-order chi connectivity index (χ0) is 12.8. The number of rotatable bonds is 7. The van der Waals surface area contributed by atoms with Crippen LogP contribution in [0.4, 0.5) is 6.01 Å². The highest BCUT2D eigenvalue weighted by molar-refractivity contribution is 5.85. The lowest BCUT2D eigenvalue weighted by molar-refractivity contribution is 0.0690. The van der Waals surface area contributed by atoms with Gasteiger partial charge in [0, 0.05) is 6.04 Å². The fourth-order valence-electron chi connectivity index (χ4n) is 1.55. The molecule has 0 aliphatic rings. The molecule has 2 N–H and O–H groups in total. The predicted molar refractivity (Wildman–Crippen MR) is 65.2 cm³/mol. The van der Waals surface area contributed by atoms with Gasteiger partial charge < -0.3 is 14.8 Å². The number of anilines is 1. The smallest absolute Gasteiger partial charge is 0.357 e. The number of nitrogens with zero attached hydrogens (tertiary/aromatic N) is 1. The summed E-state index contributed by atoms with van der Waals surface area (Å²) in [6.45, 7) is 6.43. The van der Waals surface area contributed by atoms with E-state index in [1.165, 1.54) is 6.42 Å². The summed E-state index contributed by atoms with van der Waals surface area (Å²) in [7, 11) is 0. The van der Waals surface area contributed by atoms with Gasteiger partial charge in [-0.2, -0.15) is 4.98 Å². The molecule has 96 valence electrons. The zero-order valence-corrected chi connectivity index (χ0v) is 10.6. The van der Waals surface area contributed by atoms with Crippen molar-refractivity contribution in [1.82, 2.24) is 4.98 Å². The molecule has 1 heterocycles. The summed E-state index contributed by atoms with van der Waals surface area (Å²) in [6, 6.07) is 0.508. The molecular weight excluding hydrogens is 220 g/mol. The average Bonchev–Trinajstić information content (AvgIpc) is 2.65. The van der Waals surface area contributed by atoms with Crippen LogP contribution in [0, 0.1) is 5.92 Å².